The summed E-state index contributed by atoms with van der Waals surface area (Å²) in [5.41, 5.74) is 0.399. The molecule has 0 radical (unpaired) electrons. The van der Waals surface area contributed by atoms with Crippen LogP contribution in [0.15, 0.2) is 47.1 Å². The Hall–Kier alpha value is -3.16. The van der Waals surface area contributed by atoms with E-state index < -0.39 is 0 Å². The molecule has 2 N–H and O–H groups in total. The summed E-state index contributed by atoms with van der Waals surface area (Å²) in [5.74, 6) is -0.671. The second-order valence-corrected chi connectivity index (χ2v) is 8.53. The molecule has 2 aromatic rings. The number of nitrogens with one attached hydrogen (secondary N) is 2. The Balaban J connectivity index is 1.30. The molecule has 8 heteroatoms. The number of furan rings is 1. The summed E-state index contributed by atoms with van der Waals surface area (Å²) < 4.78 is 18.3. The normalized spacial score (nSPS) is 21.7. The average molecular weight is 442 g/mol. The minimum absolute atomic E-state index is 0.0250. The molecule has 1 saturated heterocycles. The van der Waals surface area contributed by atoms with E-state index in [0.29, 0.717) is 37.3 Å². The van der Waals surface area contributed by atoms with Crippen LogP contribution in [-0.2, 0) is 4.79 Å². The summed E-state index contributed by atoms with van der Waals surface area (Å²) in [5, 5.41) is 6.15. The smallest absolute Gasteiger partial charge is 0.289 e. The van der Waals surface area contributed by atoms with E-state index in [2.05, 4.69) is 10.6 Å². The highest BCUT2D eigenvalue weighted by Gasteiger charge is 2.33. The van der Waals surface area contributed by atoms with Gasteiger partial charge in [-0.3, -0.25) is 14.4 Å². The predicted octanol–water partition coefficient (Wildman–Crippen LogP) is 3.13. The number of halogens is 1. The zero-order valence-electron chi connectivity index (χ0n) is 17.9. The summed E-state index contributed by atoms with van der Waals surface area (Å²) in [6, 6.07) is 8.47. The monoisotopic (exact) mass is 441 g/mol. The quantitative estimate of drug-likeness (QED) is 0.746. The third-order valence-corrected chi connectivity index (χ3v) is 6.40. The van der Waals surface area contributed by atoms with Gasteiger partial charge in [-0.05, 0) is 62.1 Å². The van der Waals surface area contributed by atoms with Crippen molar-refractivity contribution in [1.29, 1.82) is 0 Å². The number of rotatable bonds is 5. The molecule has 2 atom stereocenters. The lowest BCUT2D eigenvalue weighted by Crippen LogP contribution is -2.55. The summed E-state index contributed by atoms with van der Waals surface area (Å²) in [6.45, 7) is 1.01. The van der Waals surface area contributed by atoms with Crippen LogP contribution >= 0.6 is 0 Å². The van der Waals surface area contributed by atoms with Crippen molar-refractivity contribution in [3.05, 3.63) is 59.8 Å². The number of hydrogen-bond donors (Lipinski definition) is 2. The third-order valence-electron chi connectivity index (χ3n) is 6.40. The molecule has 1 aromatic heterocycles. The van der Waals surface area contributed by atoms with E-state index in [0.717, 1.165) is 25.7 Å². The van der Waals surface area contributed by atoms with Crippen molar-refractivity contribution < 1.29 is 23.2 Å². The SMILES string of the molecule is O=C(N[C@@H]1CCCCC1NC(=O)C1CCN(C(=O)c2ccco2)CC1)c1ccc(F)cc1. The first-order valence-electron chi connectivity index (χ1n) is 11.2. The fraction of sp³-hybridized carbons (Fsp3) is 0.458. The molecule has 1 aromatic carbocycles. The summed E-state index contributed by atoms with van der Waals surface area (Å²) in [6.07, 6.45) is 6.22. The van der Waals surface area contributed by atoms with Gasteiger partial charge in [-0.25, -0.2) is 4.39 Å². The first kappa shape index (κ1) is 22.0. The van der Waals surface area contributed by atoms with E-state index in [1.807, 2.05) is 0 Å². The number of carbonyl (C=O) groups is 3. The van der Waals surface area contributed by atoms with Crippen molar-refractivity contribution in [2.45, 2.75) is 50.6 Å². The first-order valence-corrected chi connectivity index (χ1v) is 11.2. The van der Waals surface area contributed by atoms with Crippen LogP contribution < -0.4 is 10.6 Å². The van der Waals surface area contributed by atoms with Gasteiger partial charge in [0.1, 0.15) is 5.82 Å². The van der Waals surface area contributed by atoms with Crippen LogP contribution in [0, 0.1) is 11.7 Å². The predicted molar refractivity (Wildman–Crippen MR) is 115 cm³/mol. The van der Waals surface area contributed by atoms with Crippen molar-refractivity contribution in [2.75, 3.05) is 13.1 Å². The Bertz CT molecular complexity index is 937. The lowest BCUT2D eigenvalue weighted by Gasteiger charge is -2.35. The lowest BCUT2D eigenvalue weighted by atomic mass is 9.88. The zero-order chi connectivity index (χ0) is 22.5. The number of carbonyl (C=O) groups excluding carboxylic acids is 3. The van der Waals surface area contributed by atoms with Crippen LogP contribution in [0.2, 0.25) is 0 Å². The van der Waals surface area contributed by atoms with Crippen LogP contribution in [0.1, 0.15) is 59.4 Å². The van der Waals surface area contributed by atoms with Gasteiger partial charge in [0.25, 0.3) is 11.8 Å². The minimum Gasteiger partial charge on any atom is -0.459 e. The van der Waals surface area contributed by atoms with E-state index >= 15 is 0 Å². The second kappa shape index (κ2) is 9.97. The molecule has 0 bridgehead atoms. The number of piperidine rings is 1. The van der Waals surface area contributed by atoms with E-state index in [1.165, 1.54) is 30.5 Å². The molecule has 3 amide bonds. The largest absolute Gasteiger partial charge is 0.459 e. The van der Waals surface area contributed by atoms with Gasteiger partial charge < -0.3 is 20.0 Å². The van der Waals surface area contributed by atoms with Gasteiger partial charge in [-0.2, -0.15) is 0 Å². The molecule has 1 aliphatic carbocycles. The lowest BCUT2D eigenvalue weighted by molar-refractivity contribution is -0.127. The molecule has 4 rings (SSSR count). The summed E-state index contributed by atoms with van der Waals surface area (Å²) in [7, 11) is 0. The Labute approximate surface area is 186 Å². The molecule has 2 heterocycles. The number of amides is 3. The molecule has 2 fully saturated rings. The second-order valence-electron chi connectivity index (χ2n) is 8.53. The van der Waals surface area contributed by atoms with Crippen LogP contribution in [0.3, 0.4) is 0 Å². The summed E-state index contributed by atoms with van der Waals surface area (Å²) >= 11 is 0. The van der Waals surface area contributed by atoms with Gasteiger partial charge in [-0.15, -0.1) is 0 Å². The van der Waals surface area contributed by atoms with Gasteiger partial charge in [0.15, 0.2) is 5.76 Å². The standard InChI is InChI=1S/C24H28FN3O4/c25-18-9-7-16(8-10-18)22(29)26-19-4-1-2-5-20(19)27-23(30)17-11-13-28(14-12-17)24(31)21-6-3-15-32-21/h3,6-10,15,17,19-20H,1-2,4-5,11-14H2,(H,26,29)(H,27,30)/t19-,20?/m1/s1. The number of nitrogens with zero attached hydrogens (tertiary/aromatic N) is 1. The van der Waals surface area contributed by atoms with E-state index in [4.69, 9.17) is 4.42 Å². The van der Waals surface area contributed by atoms with Gasteiger partial charge in [-0.1, -0.05) is 12.8 Å². The van der Waals surface area contributed by atoms with Crippen LogP contribution in [0.25, 0.3) is 0 Å². The number of likely N-dealkylation sites (tertiary alicyclic amines) is 1. The number of hydrogen-bond acceptors (Lipinski definition) is 4. The van der Waals surface area contributed by atoms with Gasteiger partial charge in [0.2, 0.25) is 5.91 Å². The fourth-order valence-corrected chi connectivity index (χ4v) is 4.53. The Morgan fingerprint density at radius 2 is 1.56 bits per heavy atom. The van der Waals surface area contributed by atoms with E-state index in [-0.39, 0.29) is 41.5 Å². The van der Waals surface area contributed by atoms with E-state index in [9.17, 15) is 18.8 Å². The highest BCUT2D eigenvalue weighted by Crippen LogP contribution is 2.23. The van der Waals surface area contributed by atoms with Gasteiger partial charge in [0, 0.05) is 36.7 Å². The number of benzene rings is 1. The highest BCUT2D eigenvalue weighted by molar-refractivity contribution is 5.94. The molecule has 1 saturated carbocycles. The van der Waals surface area contributed by atoms with Gasteiger partial charge in [0.05, 0.1) is 6.26 Å². The van der Waals surface area contributed by atoms with Crippen molar-refractivity contribution in [3.63, 3.8) is 0 Å². The Morgan fingerprint density at radius 3 is 2.19 bits per heavy atom. The van der Waals surface area contributed by atoms with Crippen LogP contribution in [0.4, 0.5) is 4.39 Å². The fourth-order valence-electron chi connectivity index (χ4n) is 4.53. The third kappa shape index (κ3) is 5.18. The molecule has 0 spiro atoms. The molecule has 170 valence electrons. The van der Waals surface area contributed by atoms with Crippen LogP contribution in [0.5, 0.6) is 0 Å². The maximum Gasteiger partial charge on any atom is 0.289 e. The van der Waals surface area contributed by atoms with Crippen molar-refractivity contribution >= 4 is 17.7 Å². The minimum atomic E-state index is -0.388. The maximum absolute atomic E-state index is 13.1. The van der Waals surface area contributed by atoms with Crippen molar-refractivity contribution in [3.8, 4) is 0 Å². The maximum atomic E-state index is 13.1. The van der Waals surface area contributed by atoms with Gasteiger partial charge >= 0.3 is 0 Å². The molecular formula is C24H28FN3O4. The van der Waals surface area contributed by atoms with E-state index in [1.54, 1.807) is 17.0 Å². The Kier molecular flexibility index (Phi) is 6.87. The molecule has 1 aliphatic heterocycles. The topological polar surface area (TPSA) is 91.7 Å². The van der Waals surface area contributed by atoms with Crippen molar-refractivity contribution in [1.82, 2.24) is 15.5 Å². The zero-order valence-corrected chi connectivity index (χ0v) is 17.9. The van der Waals surface area contributed by atoms with Crippen LogP contribution in [-0.4, -0.2) is 47.8 Å². The molecule has 7 nitrogen and oxygen atoms in total. The highest BCUT2D eigenvalue weighted by atomic mass is 19.1. The van der Waals surface area contributed by atoms with Crippen molar-refractivity contribution in [2.24, 2.45) is 5.92 Å². The molecule has 2 aliphatic rings. The molecule has 32 heavy (non-hydrogen) atoms. The molecular weight excluding hydrogens is 413 g/mol. The average Bonchev–Trinajstić information content (AvgIpc) is 3.35. The summed E-state index contributed by atoms with van der Waals surface area (Å²) in [4.78, 5) is 39.6. The molecule has 1 unspecified atom stereocenters. The first-order chi connectivity index (χ1) is 15.5. The Morgan fingerprint density at radius 1 is 0.906 bits per heavy atom.